The summed E-state index contributed by atoms with van der Waals surface area (Å²) >= 11 is 6.81. The molecule has 3 rings (SSSR count). The van der Waals surface area contributed by atoms with Crippen LogP contribution < -0.4 is 10.1 Å². The number of carbonyl (C=O) groups is 1. The predicted molar refractivity (Wildman–Crippen MR) is 116 cm³/mol. The number of rotatable bonds is 5. The second kappa shape index (κ2) is 8.97. The van der Waals surface area contributed by atoms with Gasteiger partial charge in [0.25, 0.3) is 5.91 Å². The molecule has 1 amide bonds. The third-order valence-electron chi connectivity index (χ3n) is 3.81. The number of amides is 1. The Balaban J connectivity index is 1.89. The number of nitrogens with zero attached hydrogens (tertiary/aromatic N) is 1. The summed E-state index contributed by atoms with van der Waals surface area (Å²) < 4.78 is 7.07. The van der Waals surface area contributed by atoms with Gasteiger partial charge in [-0.3, -0.25) is 4.79 Å². The van der Waals surface area contributed by atoms with Crippen molar-refractivity contribution in [1.29, 1.82) is 0 Å². The molecule has 7 nitrogen and oxygen atoms in total. The number of oxime groups is 1. The Hall–Kier alpha value is -3.04. The molecular weight excluding hydrogens is 508 g/mol. The SMILES string of the molecule is O=C(/C=N/O)Nc1cc(Br)c(Oc2ccc(O)c(-c3ccc(O)cc3)c2)c(Br)c1. The topological polar surface area (TPSA) is 111 Å². The van der Waals surface area contributed by atoms with E-state index in [9.17, 15) is 15.0 Å². The molecule has 0 aliphatic carbocycles. The lowest BCUT2D eigenvalue weighted by atomic mass is 10.0. The summed E-state index contributed by atoms with van der Waals surface area (Å²) in [5.74, 6) is 0.547. The molecular formula is C20H14Br2N2O5. The van der Waals surface area contributed by atoms with Crippen LogP contribution in [0.4, 0.5) is 5.69 Å². The summed E-state index contributed by atoms with van der Waals surface area (Å²) in [5.41, 5.74) is 1.71. The molecule has 4 N–H and O–H groups in total. The van der Waals surface area contributed by atoms with Crippen LogP contribution in [0.3, 0.4) is 0 Å². The van der Waals surface area contributed by atoms with Crippen LogP contribution in [0.15, 0.2) is 68.7 Å². The second-order valence-electron chi connectivity index (χ2n) is 5.83. The first kappa shape index (κ1) is 20.7. The Morgan fingerprint density at radius 2 is 1.66 bits per heavy atom. The molecule has 0 saturated heterocycles. The van der Waals surface area contributed by atoms with Crippen LogP contribution in [0.25, 0.3) is 11.1 Å². The van der Waals surface area contributed by atoms with E-state index in [1.807, 2.05) is 0 Å². The molecule has 0 unspecified atom stereocenters. The Labute approximate surface area is 182 Å². The van der Waals surface area contributed by atoms with Crippen LogP contribution in [0.2, 0.25) is 0 Å². The first-order valence-corrected chi connectivity index (χ1v) is 9.73. The molecule has 0 heterocycles. The van der Waals surface area contributed by atoms with Gasteiger partial charge >= 0.3 is 0 Å². The number of hydrogen-bond acceptors (Lipinski definition) is 6. The van der Waals surface area contributed by atoms with Crippen molar-refractivity contribution in [3.05, 3.63) is 63.5 Å². The molecule has 0 aliphatic rings. The number of hydrogen-bond donors (Lipinski definition) is 4. The average Bonchev–Trinajstić information content (AvgIpc) is 2.67. The second-order valence-corrected chi connectivity index (χ2v) is 7.54. The summed E-state index contributed by atoms with van der Waals surface area (Å²) in [6.07, 6.45) is 0.744. The van der Waals surface area contributed by atoms with Crippen molar-refractivity contribution in [2.75, 3.05) is 5.32 Å². The molecule has 0 spiro atoms. The fourth-order valence-corrected chi connectivity index (χ4v) is 3.87. The number of phenolic OH excluding ortho intramolecular Hbond substituents is 2. The molecule has 29 heavy (non-hydrogen) atoms. The molecule has 0 radical (unpaired) electrons. The van der Waals surface area contributed by atoms with E-state index in [2.05, 4.69) is 42.3 Å². The normalized spacial score (nSPS) is 10.8. The van der Waals surface area contributed by atoms with Gasteiger partial charge in [-0.15, -0.1) is 0 Å². The van der Waals surface area contributed by atoms with Crippen molar-refractivity contribution in [3.63, 3.8) is 0 Å². The molecule has 3 aromatic carbocycles. The van der Waals surface area contributed by atoms with E-state index in [0.29, 0.717) is 37.3 Å². The largest absolute Gasteiger partial charge is 0.508 e. The molecule has 0 fully saturated rings. The van der Waals surface area contributed by atoms with Gasteiger partial charge in [-0.1, -0.05) is 17.3 Å². The van der Waals surface area contributed by atoms with Gasteiger partial charge in [0.05, 0.1) is 8.95 Å². The van der Waals surface area contributed by atoms with Crippen LogP contribution in [0.1, 0.15) is 0 Å². The van der Waals surface area contributed by atoms with Crippen molar-refractivity contribution in [3.8, 4) is 34.1 Å². The van der Waals surface area contributed by atoms with Crippen molar-refractivity contribution < 1.29 is 25.0 Å². The highest BCUT2D eigenvalue weighted by Crippen LogP contribution is 2.41. The van der Waals surface area contributed by atoms with Gasteiger partial charge in [-0.25, -0.2) is 0 Å². The minimum atomic E-state index is -0.586. The van der Waals surface area contributed by atoms with Gasteiger partial charge in [0.15, 0.2) is 5.75 Å². The monoisotopic (exact) mass is 520 g/mol. The van der Waals surface area contributed by atoms with E-state index < -0.39 is 5.91 Å². The fourth-order valence-electron chi connectivity index (χ4n) is 2.53. The van der Waals surface area contributed by atoms with Crippen molar-refractivity contribution in [1.82, 2.24) is 0 Å². The van der Waals surface area contributed by atoms with Crippen LogP contribution in [0, 0.1) is 0 Å². The Morgan fingerprint density at radius 1 is 1.00 bits per heavy atom. The number of nitrogens with one attached hydrogen (secondary N) is 1. The highest BCUT2D eigenvalue weighted by Gasteiger charge is 2.13. The van der Waals surface area contributed by atoms with Crippen molar-refractivity contribution in [2.24, 2.45) is 5.16 Å². The van der Waals surface area contributed by atoms with E-state index >= 15 is 0 Å². The number of phenols is 2. The van der Waals surface area contributed by atoms with E-state index in [-0.39, 0.29) is 11.5 Å². The minimum Gasteiger partial charge on any atom is -0.508 e. The molecule has 9 heteroatoms. The lowest BCUT2D eigenvalue weighted by Gasteiger charge is -2.14. The Kier molecular flexibility index (Phi) is 6.40. The molecule has 0 atom stereocenters. The quantitative estimate of drug-likeness (QED) is 0.202. The van der Waals surface area contributed by atoms with Crippen molar-refractivity contribution in [2.45, 2.75) is 0 Å². The van der Waals surface area contributed by atoms with Gasteiger partial charge < -0.3 is 25.5 Å². The summed E-state index contributed by atoms with van der Waals surface area (Å²) in [6, 6.07) is 14.5. The summed E-state index contributed by atoms with van der Waals surface area (Å²) in [7, 11) is 0. The maximum absolute atomic E-state index is 11.5. The van der Waals surface area contributed by atoms with E-state index in [1.54, 1.807) is 36.4 Å². The smallest absolute Gasteiger partial charge is 0.270 e. The highest BCUT2D eigenvalue weighted by molar-refractivity contribution is 9.11. The summed E-state index contributed by atoms with van der Waals surface area (Å²) in [5, 5.41) is 33.3. The first-order chi connectivity index (χ1) is 13.9. The maximum atomic E-state index is 11.5. The number of halogens is 2. The standard InChI is InChI=1S/C20H14Br2N2O5/c21-16-7-12(24-19(27)10-23-28)8-17(22)20(16)29-14-5-6-18(26)15(9-14)11-1-3-13(25)4-2-11/h1-10,25-26,28H,(H,24,27)/b23-10+. The van der Waals surface area contributed by atoms with E-state index in [1.165, 1.54) is 18.2 Å². The van der Waals surface area contributed by atoms with Gasteiger partial charge in [-0.2, -0.15) is 0 Å². The number of carbonyl (C=O) groups excluding carboxylic acids is 1. The predicted octanol–water partition coefficient (Wildman–Crippen LogP) is 5.48. The van der Waals surface area contributed by atoms with E-state index in [4.69, 9.17) is 9.94 Å². The van der Waals surface area contributed by atoms with Crippen LogP contribution in [-0.2, 0) is 4.79 Å². The third-order valence-corrected chi connectivity index (χ3v) is 4.99. The van der Waals surface area contributed by atoms with Gasteiger partial charge in [0.2, 0.25) is 0 Å². The Bertz CT molecular complexity index is 1060. The van der Waals surface area contributed by atoms with Crippen LogP contribution in [-0.4, -0.2) is 27.5 Å². The lowest BCUT2D eigenvalue weighted by Crippen LogP contribution is -2.12. The van der Waals surface area contributed by atoms with Gasteiger partial charge in [-0.05, 0) is 79.9 Å². The zero-order chi connectivity index (χ0) is 21.0. The maximum Gasteiger partial charge on any atom is 0.270 e. The zero-order valence-electron chi connectivity index (χ0n) is 14.6. The summed E-state index contributed by atoms with van der Waals surface area (Å²) in [4.78, 5) is 11.5. The highest BCUT2D eigenvalue weighted by atomic mass is 79.9. The van der Waals surface area contributed by atoms with Crippen molar-refractivity contribution >= 4 is 49.7 Å². The first-order valence-electron chi connectivity index (χ1n) is 8.15. The summed E-state index contributed by atoms with van der Waals surface area (Å²) in [6.45, 7) is 0. The van der Waals surface area contributed by atoms with E-state index in [0.717, 1.165) is 6.21 Å². The van der Waals surface area contributed by atoms with Crippen LogP contribution >= 0.6 is 31.9 Å². The zero-order valence-corrected chi connectivity index (χ0v) is 17.8. The van der Waals surface area contributed by atoms with Crippen LogP contribution in [0.5, 0.6) is 23.0 Å². The fraction of sp³-hybridized carbons (Fsp3) is 0. The third kappa shape index (κ3) is 5.07. The Morgan fingerprint density at radius 3 is 2.28 bits per heavy atom. The van der Waals surface area contributed by atoms with Gasteiger partial charge in [0.1, 0.15) is 23.5 Å². The molecule has 0 aromatic heterocycles. The number of anilines is 1. The number of ether oxygens (including phenoxy) is 1. The molecule has 0 bridgehead atoms. The molecule has 148 valence electrons. The lowest BCUT2D eigenvalue weighted by molar-refractivity contribution is -0.110. The number of aromatic hydroxyl groups is 2. The average molecular weight is 522 g/mol. The molecule has 0 aliphatic heterocycles. The minimum absolute atomic E-state index is 0.0739. The molecule has 0 saturated carbocycles. The molecule has 3 aromatic rings. The van der Waals surface area contributed by atoms with Gasteiger partial charge in [0, 0.05) is 11.3 Å². The number of benzene rings is 3.